The molecule has 2 nitrogen and oxygen atoms in total. The summed E-state index contributed by atoms with van der Waals surface area (Å²) in [5.41, 5.74) is 0.877. The van der Waals surface area contributed by atoms with Crippen molar-refractivity contribution in [2.45, 2.75) is 6.61 Å². The highest BCUT2D eigenvalue weighted by Gasteiger charge is 1.94. The van der Waals surface area contributed by atoms with Crippen molar-refractivity contribution in [3.63, 3.8) is 0 Å². The Bertz CT molecular complexity index is 238. The van der Waals surface area contributed by atoms with Crippen molar-refractivity contribution in [2.75, 3.05) is 11.9 Å². The van der Waals surface area contributed by atoms with Crippen molar-refractivity contribution in [2.24, 2.45) is 0 Å². The molecule has 1 aromatic carbocycles. The average molecular weight is 231 g/mol. The predicted molar refractivity (Wildman–Crippen MR) is 51.7 cm³/mol. The van der Waals surface area contributed by atoms with Gasteiger partial charge in [-0.05, 0) is 17.7 Å². The first-order valence-electron chi connectivity index (χ1n) is 3.75. The van der Waals surface area contributed by atoms with Gasteiger partial charge in [0.05, 0.1) is 13.2 Å². The number of aliphatic hydroxyl groups is 1. The average Bonchev–Trinajstić information content (AvgIpc) is 2.15. The minimum atomic E-state index is 0.0610. The zero-order valence-electron chi connectivity index (χ0n) is 6.66. The van der Waals surface area contributed by atoms with Gasteiger partial charge < -0.3 is 9.84 Å². The second-order valence-corrected chi connectivity index (χ2v) is 3.14. The van der Waals surface area contributed by atoms with E-state index in [1.807, 2.05) is 24.3 Å². The van der Waals surface area contributed by atoms with Gasteiger partial charge in [-0.1, -0.05) is 28.1 Å². The Kier molecular flexibility index (Phi) is 4.11. The van der Waals surface area contributed by atoms with Gasteiger partial charge in [0.1, 0.15) is 5.75 Å². The van der Waals surface area contributed by atoms with Crippen LogP contribution in [-0.4, -0.2) is 17.0 Å². The summed E-state index contributed by atoms with van der Waals surface area (Å²) in [6, 6.07) is 7.45. The number of halogens is 1. The maximum Gasteiger partial charge on any atom is 0.119 e. The van der Waals surface area contributed by atoms with Crippen molar-refractivity contribution in [1.82, 2.24) is 0 Å². The predicted octanol–water partition coefficient (Wildman–Crippen LogP) is 1.95. The van der Waals surface area contributed by atoms with Gasteiger partial charge in [-0.15, -0.1) is 0 Å². The molecule has 0 heterocycles. The van der Waals surface area contributed by atoms with Gasteiger partial charge in [-0.3, -0.25) is 0 Å². The zero-order valence-corrected chi connectivity index (χ0v) is 8.25. The lowest BCUT2D eigenvalue weighted by Crippen LogP contribution is -1.97. The van der Waals surface area contributed by atoms with E-state index in [2.05, 4.69) is 15.9 Å². The molecule has 1 rings (SSSR count). The summed E-state index contributed by atoms with van der Waals surface area (Å²) in [6.45, 7) is 0.709. The molecule has 0 aromatic heterocycles. The molecule has 12 heavy (non-hydrogen) atoms. The van der Waals surface area contributed by atoms with Gasteiger partial charge in [0.25, 0.3) is 0 Å². The molecule has 1 aromatic rings. The molecule has 0 radical (unpaired) electrons. The van der Waals surface area contributed by atoms with E-state index in [0.29, 0.717) is 6.61 Å². The summed E-state index contributed by atoms with van der Waals surface area (Å²) in [4.78, 5) is 0. The van der Waals surface area contributed by atoms with E-state index < -0.39 is 0 Å². The van der Waals surface area contributed by atoms with Gasteiger partial charge in [0.2, 0.25) is 0 Å². The number of alkyl halides is 1. The van der Waals surface area contributed by atoms with Crippen LogP contribution in [0.3, 0.4) is 0 Å². The normalized spacial score (nSPS) is 9.83. The summed E-state index contributed by atoms with van der Waals surface area (Å²) in [5.74, 6) is 0.806. The fourth-order valence-electron chi connectivity index (χ4n) is 0.890. The molecule has 0 atom stereocenters. The fourth-order valence-corrected chi connectivity index (χ4v) is 1.05. The Morgan fingerprint density at radius 1 is 1.42 bits per heavy atom. The molecule has 0 aliphatic rings. The number of benzene rings is 1. The Hall–Kier alpha value is -0.540. The third kappa shape index (κ3) is 2.83. The van der Waals surface area contributed by atoms with Gasteiger partial charge in [-0.25, -0.2) is 0 Å². The molecule has 0 amide bonds. The van der Waals surface area contributed by atoms with Crippen molar-refractivity contribution >= 4 is 15.9 Å². The monoisotopic (exact) mass is 230 g/mol. The van der Waals surface area contributed by atoms with E-state index >= 15 is 0 Å². The summed E-state index contributed by atoms with van der Waals surface area (Å²) >= 11 is 3.27. The van der Waals surface area contributed by atoms with Crippen LogP contribution in [0.4, 0.5) is 0 Å². The number of hydrogen-bond donors (Lipinski definition) is 1. The van der Waals surface area contributed by atoms with E-state index in [9.17, 15) is 0 Å². The fraction of sp³-hybridized carbons (Fsp3) is 0.333. The molecule has 0 saturated heterocycles. The highest BCUT2D eigenvalue weighted by atomic mass is 79.9. The van der Waals surface area contributed by atoms with E-state index in [4.69, 9.17) is 9.84 Å². The minimum absolute atomic E-state index is 0.0610. The lowest BCUT2D eigenvalue weighted by atomic mass is 10.2. The maximum atomic E-state index is 8.82. The lowest BCUT2D eigenvalue weighted by Gasteiger charge is -2.04. The molecular weight excluding hydrogens is 220 g/mol. The topological polar surface area (TPSA) is 29.5 Å². The third-order valence-corrected chi connectivity index (χ3v) is 1.75. The highest BCUT2D eigenvalue weighted by Crippen LogP contribution is 2.12. The summed E-state index contributed by atoms with van der Waals surface area (Å²) < 4.78 is 5.34. The van der Waals surface area contributed by atoms with Crippen LogP contribution < -0.4 is 4.74 Å². The first-order valence-corrected chi connectivity index (χ1v) is 4.87. The van der Waals surface area contributed by atoms with Crippen LogP contribution in [0.15, 0.2) is 24.3 Å². The maximum absolute atomic E-state index is 8.82. The number of aliphatic hydroxyl groups excluding tert-OH is 1. The Labute approximate surface area is 80.3 Å². The number of rotatable bonds is 4. The molecule has 0 unspecified atom stereocenters. The van der Waals surface area contributed by atoms with E-state index in [-0.39, 0.29) is 6.61 Å². The molecule has 0 spiro atoms. The van der Waals surface area contributed by atoms with Gasteiger partial charge >= 0.3 is 0 Å². The van der Waals surface area contributed by atoms with Crippen molar-refractivity contribution in [3.8, 4) is 5.75 Å². The highest BCUT2D eigenvalue weighted by molar-refractivity contribution is 9.09. The quantitative estimate of drug-likeness (QED) is 0.802. The molecule has 0 bridgehead atoms. The summed E-state index contributed by atoms with van der Waals surface area (Å²) in [5, 5.41) is 9.64. The third-order valence-electron chi connectivity index (χ3n) is 1.43. The van der Waals surface area contributed by atoms with Crippen LogP contribution in [0.1, 0.15) is 5.56 Å². The Balaban J connectivity index is 2.60. The first kappa shape index (κ1) is 9.55. The van der Waals surface area contributed by atoms with Crippen molar-refractivity contribution in [1.29, 1.82) is 0 Å². The second-order valence-electron chi connectivity index (χ2n) is 2.34. The Morgan fingerprint density at radius 2 is 2.25 bits per heavy atom. The molecule has 1 N–H and O–H groups in total. The lowest BCUT2D eigenvalue weighted by molar-refractivity contribution is 0.280. The largest absolute Gasteiger partial charge is 0.493 e. The molecule has 0 aliphatic heterocycles. The van der Waals surface area contributed by atoms with Crippen LogP contribution in [0.25, 0.3) is 0 Å². The van der Waals surface area contributed by atoms with Crippen LogP contribution in [0.5, 0.6) is 5.75 Å². The van der Waals surface area contributed by atoms with Gasteiger partial charge in [0.15, 0.2) is 0 Å². The first-order chi connectivity index (χ1) is 5.86. The second kappa shape index (κ2) is 5.17. The SMILES string of the molecule is OCc1cccc(OCCBr)c1. The number of ether oxygens (including phenoxy) is 1. The van der Waals surface area contributed by atoms with Crippen LogP contribution in [0, 0.1) is 0 Å². The van der Waals surface area contributed by atoms with Crippen LogP contribution in [0.2, 0.25) is 0 Å². The molecule has 3 heteroatoms. The number of hydrogen-bond acceptors (Lipinski definition) is 2. The molecule has 0 saturated carbocycles. The molecule has 66 valence electrons. The van der Waals surface area contributed by atoms with E-state index in [1.54, 1.807) is 0 Å². The molecular formula is C9H11BrO2. The molecule has 0 fully saturated rings. The zero-order chi connectivity index (χ0) is 8.81. The smallest absolute Gasteiger partial charge is 0.119 e. The van der Waals surface area contributed by atoms with Crippen molar-refractivity contribution < 1.29 is 9.84 Å². The minimum Gasteiger partial charge on any atom is -0.493 e. The van der Waals surface area contributed by atoms with Crippen molar-refractivity contribution in [3.05, 3.63) is 29.8 Å². The van der Waals surface area contributed by atoms with E-state index in [0.717, 1.165) is 16.6 Å². The van der Waals surface area contributed by atoms with E-state index in [1.165, 1.54) is 0 Å². The van der Waals surface area contributed by atoms with Crippen LogP contribution in [-0.2, 0) is 6.61 Å². The van der Waals surface area contributed by atoms with Gasteiger partial charge in [-0.2, -0.15) is 0 Å². The Morgan fingerprint density at radius 3 is 2.92 bits per heavy atom. The standard InChI is InChI=1S/C9H11BrO2/c10-4-5-12-9-3-1-2-8(6-9)7-11/h1-3,6,11H,4-5,7H2. The van der Waals surface area contributed by atoms with Gasteiger partial charge in [0, 0.05) is 5.33 Å². The molecule has 0 aliphatic carbocycles. The summed E-state index contributed by atoms with van der Waals surface area (Å²) in [7, 11) is 0. The summed E-state index contributed by atoms with van der Waals surface area (Å²) in [6.07, 6.45) is 0. The van der Waals surface area contributed by atoms with Crippen LogP contribution >= 0.6 is 15.9 Å².